The largest absolute Gasteiger partial charge is 0.398 e. The highest BCUT2D eigenvalue weighted by Crippen LogP contribution is 2.32. The molecule has 0 atom stereocenters. The van der Waals surface area contributed by atoms with Crippen LogP contribution in [0.5, 0.6) is 0 Å². The van der Waals surface area contributed by atoms with Crippen LogP contribution in [0.25, 0.3) is 6.08 Å². The van der Waals surface area contributed by atoms with E-state index in [9.17, 15) is 22.8 Å². The molecule has 0 radical (unpaired) electrons. The van der Waals surface area contributed by atoms with Crippen LogP contribution < -0.4 is 10.6 Å². The van der Waals surface area contributed by atoms with Gasteiger partial charge < -0.3 is 10.6 Å². The van der Waals surface area contributed by atoms with Crippen LogP contribution in [-0.2, 0) is 4.79 Å². The third-order valence-corrected chi connectivity index (χ3v) is 4.50. The first-order valence-electron chi connectivity index (χ1n) is 7.88. The van der Waals surface area contributed by atoms with Crippen molar-refractivity contribution in [1.29, 1.82) is 0 Å². The molecule has 2 aromatic rings. The lowest BCUT2D eigenvalue weighted by atomic mass is 10.1. The Morgan fingerprint density at radius 2 is 1.74 bits per heavy atom. The lowest BCUT2D eigenvalue weighted by molar-refractivity contribution is -0.112. The number of benzene rings is 2. The number of amides is 2. The number of hydrogen-bond donors (Lipinski definition) is 2. The van der Waals surface area contributed by atoms with E-state index in [-0.39, 0.29) is 5.91 Å². The summed E-state index contributed by atoms with van der Waals surface area (Å²) in [6, 6.07) is 12.9. The summed E-state index contributed by atoms with van der Waals surface area (Å²) >= 11 is 0.615. The van der Waals surface area contributed by atoms with Gasteiger partial charge in [0.15, 0.2) is 0 Å². The molecule has 0 fully saturated rings. The summed E-state index contributed by atoms with van der Waals surface area (Å²) < 4.78 is 37.2. The van der Waals surface area contributed by atoms with Crippen LogP contribution in [-0.4, -0.2) is 30.8 Å². The fraction of sp³-hybridized carbons (Fsp3) is 0.158. The lowest BCUT2D eigenvalue weighted by Gasteiger charge is -2.10. The van der Waals surface area contributed by atoms with Gasteiger partial charge >= 0.3 is 6.18 Å². The molecule has 0 aliphatic carbocycles. The second-order valence-corrected chi connectivity index (χ2v) is 6.44. The van der Waals surface area contributed by atoms with Crippen molar-refractivity contribution in [2.24, 2.45) is 0 Å². The van der Waals surface area contributed by atoms with Crippen LogP contribution in [0.4, 0.5) is 18.9 Å². The van der Waals surface area contributed by atoms with Crippen molar-refractivity contribution in [2.45, 2.75) is 11.1 Å². The first-order chi connectivity index (χ1) is 12.8. The van der Waals surface area contributed by atoms with Crippen molar-refractivity contribution in [2.75, 3.05) is 18.1 Å². The molecule has 2 aromatic carbocycles. The molecule has 0 unspecified atom stereocenters. The quantitative estimate of drug-likeness (QED) is 0.566. The van der Waals surface area contributed by atoms with E-state index in [1.807, 2.05) is 0 Å². The van der Waals surface area contributed by atoms with Crippen LogP contribution in [0, 0.1) is 0 Å². The van der Waals surface area contributed by atoms with Crippen LogP contribution in [0.15, 0.2) is 59.5 Å². The zero-order valence-corrected chi connectivity index (χ0v) is 15.2. The minimum Gasteiger partial charge on any atom is -0.355 e. The van der Waals surface area contributed by atoms with E-state index in [1.165, 1.54) is 19.2 Å². The Morgan fingerprint density at radius 3 is 2.37 bits per heavy atom. The van der Waals surface area contributed by atoms with E-state index in [1.54, 1.807) is 48.5 Å². The Kier molecular flexibility index (Phi) is 7.06. The highest BCUT2D eigenvalue weighted by Gasteiger charge is 2.27. The molecular formula is C19H17F3N2O2S. The molecular weight excluding hydrogens is 377 g/mol. The van der Waals surface area contributed by atoms with Gasteiger partial charge in [0.05, 0.1) is 11.4 Å². The highest BCUT2D eigenvalue weighted by molar-refractivity contribution is 7.99. The zero-order valence-electron chi connectivity index (χ0n) is 14.3. The SMILES string of the molecule is CNC(=O)c1ccc(/C=C/C(=O)Nc2ccccc2SCC(F)(F)F)cc1. The van der Waals surface area contributed by atoms with Crippen molar-refractivity contribution >= 4 is 35.3 Å². The average molecular weight is 394 g/mol. The molecule has 0 heterocycles. The number of carbonyl (C=O) groups excluding carboxylic acids is 2. The van der Waals surface area contributed by atoms with E-state index in [0.717, 1.165) is 0 Å². The van der Waals surface area contributed by atoms with E-state index in [2.05, 4.69) is 10.6 Å². The third-order valence-electron chi connectivity index (χ3n) is 3.36. The maximum Gasteiger partial charge on any atom is 0.398 e. The number of para-hydroxylation sites is 1. The standard InChI is InChI=1S/C19H17F3N2O2S/c1-23-18(26)14-9-6-13(7-10-14)8-11-17(25)24-15-4-2-3-5-16(15)27-12-19(20,21)22/h2-11H,12H2,1H3,(H,23,26)(H,24,25)/b11-8+. The van der Waals surface area contributed by atoms with Gasteiger partial charge in [-0.25, -0.2) is 0 Å². The maximum atomic E-state index is 12.4. The van der Waals surface area contributed by atoms with Crippen LogP contribution >= 0.6 is 11.8 Å². The molecule has 0 aromatic heterocycles. The molecule has 2 amide bonds. The molecule has 0 aliphatic rings. The smallest absolute Gasteiger partial charge is 0.355 e. The van der Waals surface area contributed by atoms with Crippen molar-refractivity contribution in [1.82, 2.24) is 5.32 Å². The van der Waals surface area contributed by atoms with Gasteiger partial charge in [-0.1, -0.05) is 24.3 Å². The van der Waals surface area contributed by atoms with Crippen LogP contribution in [0.2, 0.25) is 0 Å². The van der Waals surface area contributed by atoms with Crippen molar-refractivity contribution in [3.8, 4) is 0 Å². The number of anilines is 1. The van der Waals surface area contributed by atoms with Gasteiger partial charge in [0.2, 0.25) is 5.91 Å². The number of halogens is 3. The molecule has 0 saturated carbocycles. The van der Waals surface area contributed by atoms with E-state index < -0.39 is 17.8 Å². The molecule has 142 valence electrons. The highest BCUT2D eigenvalue weighted by atomic mass is 32.2. The second-order valence-electron chi connectivity index (χ2n) is 5.42. The Morgan fingerprint density at radius 1 is 1.07 bits per heavy atom. The first-order valence-corrected chi connectivity index (χ1v) is 8.87. The van der Waals surface area contributed by atoms with Crippen LogP contribution in [0.1, 0.15) is 15.9 Å². The molecule has 0 saturated heterocycles. The minimum absolute atomic E-state index is 0.212. The molecule has 0 bridgehead atoms. The van der Waals surface area contributed by atoms with Gasteiger partial charge in [-0.15, -0.1) is 11.8 Å². The zero-order chi connectivity index (χ0) is 19.9. The maximum absolute atomic E-state index is 12.4. The topological polar surface area (TPSA) is 58.2 Å². The van der Waals surface area contributed by atoms with Gasteiger partial charge in [-0.3, -0.25) is 9.59 Å². The summed E-state index contributed by atoms with van der Waals surface area (Å²) in [5, 5.41) is 5.09. The number of hydrogen-bond acceptors (Lipinski definition) is 3. The summed E-state index contributed by atoms with van der Waals surface area (Å²) in [6.45, 7) is 0. The monoisotopic (exact) mass is 394 g/mol. The third kappa shape index (κ3) is 6.82. The molecule has 8 heteroatoms. The molecule has 2 N–H and O–H groups in total. The number of rotatable bonds is 6. The van der Waals surface area contributed by atoms with Gasteiger partial charge in [0.1, 0.15) is 0 Å². The lowest BCUT2D eigenvalue weighted by Crippen LogP contribution is -2.17. The van der Waals surface area contributed by atoms with E-state index >= 15 is 0 Å². The van der Waals surface area contributed by atoms with Crippen molar-refractivity contribution in [3.63, 3.8) is 0 Å². The van der Waals surface area contributed by atoms with Crippen molar-refractivity contribution in [3.05, 3.63) is 65.7 Å². The van der Waals surface area contributed by atoms with E-state index in [0.29, 0.717) is 33.5 Å². The van der Waals surface area contributed by atoms with Gasteiger partial charge in [-0.05, 0) is 35.9 Å². The first kappa shape index (κ1) is 20.6. The number of carbonyl (C=O) groups is 2. The average Bonchev–Trinajstić information content (AvgIpc) is 2.65. The van der Waals surface area contributed by atoms with E-state index in [4.69, 9.17) is 0 Å². The number of nitrogens with one attached hydrogen (secondary N) is 2. The molecule has 0 spiro atoms. The fourth-order valence-corrected chi connectivity index (χ4v) is 2.86. The number of thioether (sulfide) groups is 1. The normalized spacial score (nSPS) is 11.4. The predicted octanol–water partition coefficient (Wildman–Crippen LogP) is 4.35. The minimum atomic E-state index is -4.29. The molecule has 2 rings (SSSR count). The van der Waals surface area contributed by atoms with Gasteiger partial charge in [-0.2, -0.15) is 13.2 Å². The summed E-state index contributed by atoms with van der Waals surface area (Å²) in [7, 11) is 1.53. The number of alkyl halides is 3. The molecule has 0 aliphatic heterocycles. The summed E-state index contributed by atoms with van der Waals surface area (Å²) in [4.78, 5) is 23.9. The van der Waals surface area contributed by atoms with Crippen LogP contribution in [0.3, 0.4) is 0 Å². The van der Waals surface area contributed by atoms with Gasteiger partial charge in [0.25, 0.3) is 5.91 Å². The predicted molar refractivity (Wildman–Crippen MR) is 101 cm³/mol. The second kappa shape index (κ2) is 9.27. The Labute approximate surface area is 158 Å². The molecule has 4 nitrogen and oxygen atoms in total. The summed E-state index contributed by atoms with van der Waals surface area (Å²) in [5.41, 5.74) is 1.52. The van der Waals surface area contributed by atoms with Crippen molar-refractivity contribution < 1.29 is 22.8 Å². The fourth-order valence-electron chi connectivity index (χ4n) is 2.09. The van der Waals surface area contributed by atoms with Gasteiger partial charge in [0, 0.05) is 23.6 Å². The Hall–Kier alpha value is -2.74. The summed E-state index contributed by atoms with van der Waals surface area (Å²) in [6.07, 6.45) is -1.46. The Bertz CT molecular complexity index is 834. The molecule has 27 heavy (non-hydrogen) atoms. The summed E-state index contributed by atoms with van der Waals surface area (Å²) in [5.74, 6) is -1.71. The Balaban J connectivity index is 2.01.